The summed E-state index contributed by atoms with van der Waals surface area (Å²) in [6.07, 6.45) is 5.07. The van der Waals surface area contributed by atoms with E-state index in [1.165, 1.54) is 29.5 Å². The van der Waals surface area contributed by atoms with Crippen LogP contribution in [-0.4, -0.2) is 30.4 Å². The Labute approximate surface area is 126 Å². The molecule has 3 aliphatic rings. The number of rotatable bonds is 2. The van der Waals surface area contributed by atoms with Crippen LogP contribution in [0.15, 0.2) is 12.1 Å². The lowest BCUT2D eigenvalue weighted by atomic mass is 9.78. The Kier molecular flexibility index (Phi) is 3.43. The third-order valence-electron chi connectivity index (χ3n) is 5.74. The molecule has 0 aromatic heterocycles. The summed E-state index contributed by atoms with van der Waals surface area (Å²) < 4.78 is 6.30. The maximum Gasteiger partial charge on any atom is 0.125 e. The minimum absolute atomic E-state index is 0.0291. The molecule has 2 aliphatic carbocycles. The lowest BCUT2D eigenvalue weighted by Crippen LogP contribution is -2.42. The molecule has 2 fully saturated rings. The monoisotopic (exact) mass is 287 g/mol. The van der Waals surface area contributed by atoms with E-state index in [4.69, 9.17) is 4.74 Å². The Hall–Kier alpha value is -1.06. The number of hydrogen-bond donors (Lipinski definition) is 2. The highest BCUT2D eigenvalue weighted by Crippen LogP contribution is 2.38. The van der Waals surface area contributed by atoms with Crippen LogP contribution in [-0.2, 0) is 12.8 Å². The molecule has 0 bridgehead atoms. The van der Waals surface area contributed by atoms with Gasteiger partial charge in [-0.3, -0.25) is 0 Å². The molecule has 1 aliphatic heterocycles. The number of ether oxygens (including phenoxy) is 1. The highest BCUT2D eigenvalue weighted by molar-refractivity contribution is 5.47. The maximum atomic E-state index is 10.4. The van der Waals surface area contributed by atoms with Gasteiger partial charge in [0.2, 0.25) is 0 Å². The van der Waals surface area contributed by atoms with Crippen molar-refractivity contribution in [2.24, 2.45) is 11.8 Å². The predicted molar refractivity (Wildman–Crippen MR) is 82.7 cm³/mol. The Balaban J connectivity index is 1.55. The molecule has 114 valence electrons. The van der Waals surface area contributed by atoms with Crippen molar-refractivity contribution in [2.45, 2.75) is 51.2 Å². The molecule has 3 nitrogen and oxygen atoms in total. The van der Waals surface area contributed by atoms with Gasteiger partial charge in [-0.2, -0.15) is 0 Å². The number of fused-ring (bicyclic) bond motifs is 2. The van der Waals surface area contributed by atoms with Crippen LogP contribution < -0.4 is 10.1 Å². The molecule has 1 heterocycles. The van der Waals surface area contributed by atoms with Gasteiger partial charge in [0.1, 0.15) is 11.9 Å². The number of aryl methyl sites for hydroxylation is 1. The number of benzene rings is 1. The van der Waals surface area contributed by atoms with Gasteiger partial charge in [0.25, 0.3) is 0 Å². The molecular formula is C18H25NO2. The summed E-state index contributed by atoms with van der Waals surface area (Å²) in [6, 6.07) is 4.29. The van der Waals surface area contributed by atoms with Gasteiger partial charge < -0.3 is 15.2 Å². The lowest BCUT2D eigenvalue weighted by Gasteiger charge is -2.35. The maximum absolute atomic E-state index is 10.4. The summed E-state index contributed by atoms with van der Waals surface area (Å²) in [5.74, 6) is 2.35. The predicted octanol–water partition coefficient (Wildman–Crippen LogP) is 2.22. The zero-order valence-corrected chi connectivity index (χ0v) is 12.8. The van der Waals surface area contributed by atoms with Gasteiger partial charge in [-0.05, 0) is 86.7 Å². The quantitative estimate of drug-likeness (QED) is 0.876. The molecule has 3 heteroatoms. The minimum Gasteiger partial charge on any atom is -0.487 e. The largest absolute Gasteiger partial charge is 0.487 e. The smallest absolute Gasteiger partial charge is 0.125 e. The molecule has 21 heavy (non-hydrogen) atoms. The first-order valence-electron chi connectivity index (χ1n) is 8.39. The highest BCUT2D eigenvalue weighted by Gasteiger charge is 2.40. The van der Waals surface area contributed by atoms with E-state index in [-0.39, 0.29) is 12.2 Å². The van der Waals surface area contributed by atoms with E-state index in [1.54, 1.807) is 0 Å². The van der Waals surface area contributed by atoms with Gasteiger partial charge in [0.05, 0.1) is 6.10 Å². The second-order valence-corrected chi connectivity index (χ2v) is 7.06. The summed E-state index contributed by atoms with van der Waals surface area (Å²) in [5.41, 5.74) is 4.27. The van der Waals surface area contributed by atoms with Crippen LogP contribution in [0.4, 0.5) is 0 Å². The minimum atomic E-state index is -0.315. The van der Waals surface area contributed by atoms with E-state index in [0.29, 0.717) is 11.8 Å². The summed E-state index contributed by atoms with van der Waals surface area (Å²) in [7, 11) is 0. The third-order valence-corrected chi connectivity index (χ3v) is 5.74. The van der Waals surface area contributed by atoms with Crippen molar-refractivity contribution < 1.29 is 9.84 Å². The fraction of sp³-hybridized carbons (Fsp3) is 0.667. The van der Waals surface area contributed by atoms with Gasteiger partial charge in [0.15, 0.2) is 0 Å². The standard InChI is InChI=1S/C18H25NO2/c1-11-5-6-17(15-4-2-3-14(11)15)21-18-8-13-10-19-9-12(13)7-16(18)20/h5-6,12-13,16,18-20H,2-4,7-10H2,1H3/t12-,13+,16+,18+/m0/s1. The summed E-state index contributed by atoms with van der Waals surface area (Å²) >= 11 is 0. The molecule has 1 aromatic carbocycles. The summed E-state index contributed by atoms with van der Waals surface area (Å²) in [5, 5.41) is 13.9. The van der Waals surface area contributed by atoms with E-state index < -0.39 is 0 Å². The molecule has 1 saturated heterocycles. The topological polar surface area (TPSA) is 41.5 Å². The fourth-order valence-corrected chi connectivity index (χ4v) is 4.51. The third kappa shape index (κ3) is 2.36. The Morgan fingerprint density at radius 1 is 1.10 bits per heavy atom. The van der Waals surface area contributed by atoms with Crippen molar-refractivity contribution in [1.29, 1.82) is 0 Å². The molecule has 0 radical (unpaired) electrons. The van der Waals surface area contributed by atoms with Gasteiger partial charge in [0, 0.05) is 0 Å². The van der Waals surface area contributed by atoms with Crippen LogP contribution >= 0.6 is 0 Å². The average Bonchev–Trinajstić information content (AvgIpc) is 3.11. The normalized spacial score (nSPS) is 34.6. The molecule has 4 rings (SSSR count). The first kappa shape index (κ1) is 13.6. The zero-order chi connectivity index (χ0) is 14.4. The van der Waals surface area contributed by atoms with Crippen molar-refractivity contribution in [1.82, 2.24) is 5.32 Å². The number of hydrogen-bond acceptors (Lipinski definition) is 3. The van der Waals surface area contributed by atoms with E-state index in [9.17, 15) is 5.11 Å². The van der Waals surface area contributed by atoms with E-state index in [0.717, 1.165) is 38.1 Å². The number of aliphatic hydroxyl groups excluding tert-OH is 1. The van der Waals surface area contributed by atoms with Gasteiger partial charge in [-0.1, -0.05) is 6.07 Å². The van der Waals surface area contributed by atoms with E-state index >= 15 is 0 Å². The van der Waals surface area contributed by atoms with E-state index in [1.807, 2.05) is 0 Å². The Bertz CT molecular complexity index is 542. The first-order valence-corrected chi connectivity index (χ1v) is 8.39. The van der Waals surface area contributed by atoms with Crippen LogP contribution in [0.5, 0.6) is 5.75 Å². The number of nitrogens with one attached hydrogen (secondary N) is 1. The van der Waals surface area contributed by atoms with Gasteiger partial charge in [-0.25, -0.2) is 0 Å². The average molecular weight is 287 g/mol. The molecular weight excluding hydrogens is 262 g/mol. The lowest BCUT2D eigenvalue weighted by molar-refractivity contribution is -0.0235. The zero-order valence-electron chi connectivity index (χ0n) is 12.8. The molecule has 0 spiro atoms. The SMILES string of the molecule is Cc1ccc(O[C@@H]2C[C@@H]3CNC[C@@H]3C[C@H]2O)c2c1CCC2. The summed E-state index contributed by atoms with van der Waals surface area (Å²) in [6.45, 7) is 4.34. The van der Waals surface area contributed by atoms with Crippen molar-refractivity contribution in [2.75, 3.05) is 13.1 Å². The van der Waals surface area contributed by atoms with Crippen molar-refractivity contribution in [3.8, 4) is 5.75 Å². The Morgan fingerprint density at radius 2 is 1.86 bits per heavy atom. The molecule has 1 aromatic rings. The number of aliphatic hydroxyl groups is 1. The van der Waals surface area contributed by atoms with Crippen molar-refractivity contribution in [3.63, 3.8) is 0 Å². The second-order valence-electron chi connectivity index (χ2n) is 7.06. The van der Waals surface area contributed by atoms with E-state index in [2.05, 4.69) is 24.4 Å². The highest BCUT2D eigenvalue weighted by atomic mass is 16.5. The van der Waals surface area contributed by atoms with Crippen LogP contribution in [0.2, 0.25) is 0 Å². The van der Waals surface area contributed by atoms with Crippen molar-refractivity contribution >= 4 is 0 Å². The van der Waals surface area contributed by atoms with Gasteiger partial charge in [-0.15, -0.1) is 0 Å². The summed E-state index contributed by atoms with van der Waals surface area (Å²) in [4.78, 5) is 0. The molecule has 0 unspecified atom stereocenters. The van der Waals surface area contributed by atoms with Crippen LogP contribution in [0.1, 0.15) is 36.0 Å². The van der Waals surface area contributed by atoms with Crippen LogP contribution in [0.25, 0.3) is 0 Å². The van der Waals surface area contributed by atoms with Crippen molar-refractivity contribution in [3.05, 3.63) is 28.8 Å². The molecule has 0 amide bonds. The van der Waals surface area contributed by atoms with Gasteiger partial charge >= 0.3 is 0 Å². The molecule has 1 saturated carbocycles. The molecule has 2 N–H and O–H groups in total. The fourth-order valence-electron chi connectivity index (χ4n) is 4.51. The van der Waals surface area contributed by atoms with Crippen LogP contribution in [0.3, 0.4) is 0 Å². The van der Waals surface area contributed by atoms with Crippen LogP contribution in [0, 0.1) is 18.8 Å². The molecule has 4 atom stereocenters. The Morgan fingerprint density at radius 3 is 2.71 bits per heavy atom. The second kappa shape index (κ2) is 5.29. The first-order chi connectivity index (χ1) is 10.2.